The molecule has 1 heterocycles. The van der Waals surface area contributed by atoms with Crippen molar-refractivity contribution in [3.8, 4) is 0 Å². The number of amides is 2. The molecule has 0 aliphatic heterocycles. The second-order valence-corrected chi connectivity index (χ2v) is 4.38. The molecule has 0 fully saturated rings. The van der Waals surface area contributed by atoms with Gasteiger partial charge in [0.2, 0.25) is 0 Å². The summed E-state index contributed by atoms with van der Waals surface area (Å²) in [4.78, 5) is 36.7. The van der Waals surface area contributed by atoms with Crippen LogP contribution < -0.4 is 10.6 Å². The molecule has 4 N–H and O–H groups in total. The molecule has 21 heavy (non-hydrogen) atoms. The van der Waals surface area contributed by atoms with Crippen LogP contribution >= 0.6 is 0 Å². The first-order valence-electron chi connectivity index (χ1n) is 6.43. The molecule has 0 saturated carbocycles. The number of hydrogen-bond acceptors (Lipinski definition) is 4. The number of hydrogen-bond donors (Lipinski definition) is 4. The lowest BCUT2D eigenvalue weighted by atomic mass is 10.1. The highest BCUT2D eigenvalue weighted by molar-refractivity contribution is 5.82. The topological polar surface area (TPSA) is 134 Å². The summed E-state index contributed by atoms with van der Waals surface area (Å²) in [6.07, 6.45) is 5.29. The van der Waals surface area contributed by atoms with Crippen molar-refractivity contribution in [1.29, 1.82) is 0 Å². The van der Waals surface area contributed by atoms with Gasteiger partial charge in [0.05, 0.1) is 6.33 Å². The summed E-state index contributed by atoms with van der Waals surface area (Å²) in [6, 6.07) is -1.84. The maximum absolute atomic E-state index is 11.5. The van der Waals surface area contributed by atoms with E-state index in [-0.39, 0.29) is 12.8 Å². The number of nitrogens with zero attached hydrogens (tertiary/aromatic N) is 2. The molecule has 0 aliphatic carbocycles. The maximum atomic E-state index is 11.5. The van der Waals surface area contributed by atoms with Gasteiger partial charge in [0.1, 0.15) is 6.04 Å². The first-order chi connectivity index (χ1) is 9.99. The minimum Gasteiger partial charge on any atom is -0.481 e. The summed E-state index contributed by atoms with van der Waals surface area (Å²) >= 11 is 0. The molecule has 0 spiro atoms. The highest BCUT2D eigenvalue weighted by Gasteiger charge is 2.20. The van der Waals surface area contributed by atoms with Crippen LogP contribution in [0.1, 0.15) is 19.3 Å². The maximum Gasteiger partial charge on any atom is 0.326 e. The van der Waals surface area contributed by atoms with E-state index in [1.54, 1.807) is 18.7 Å². The largest absolute Gasteiger partial charge is 0.481 e. The molecule has 0 bridgehead atoms. The summed E-state index contributed by atoms with van der Waals surface area (Å²) < 4.78 is 1.85. The van der Waals surface area contributed by atoms with Crippen LogP contribution in [0, 0.1) is 0 Å². The van der Waals surface area contributed by atoms with E-state index >= 15 is 0 Å². The molecular formula is C12H18N4O5. The monoisotopic (exact) mass is 298 g/mol. The predicted octanol–water partition coefficient (Wildman–Crippen LogP) is -0.110. The third-order valence-electron chi connectivity index (χ3n) is 2.69. The van der Waals surface area contributed by atoms with Gasteiger partial charge in [-0.05, 0) is 12.8 Å². The van der Waals surface area contributed by atoms with Crippen molar-refractivity contribution >= 4 is 18.0 Å². The quantitative estimate of drug-likeness (QED) is 0.470. The lowest BCUT2D eigenvalue weighted by molar-refractivity contribution is -0.140. The van der Waals surface area contributed by atoms with Gasteiger partial charge in [-0.15, -0.1) is 0 Å². The first-order valence-corrected chi connectivity index (χ1v) is 6.43. The van der Waals surface area contributed by atoms with Crippen molar-refractivity contribution in [3.63, 3.8) is 0 Å². The van der Waals surface area contributed by atoms with Gasteiger partial charge in [-0.1, -0.05) is 0 Å². The Bertz CT molecular complexity index is 474. The van der Waals surface area contributed by atoms with Gasteiger partial charge in [0.15, 0.2) is 0 Å². The van der Waals surface area contributed by atoms with Gasteiger partial charge in [0, 0.05) is 31.9 Å². The van der Waals surface area contributed by atoms with E-state index in [1.807, 2.05) is 4.57 Å². The second kappa shape index (κ2) is 8.56. The SMILES string of the molecule is O=C(O)CCC(NC(=O)NCCCn1ccnc1)C(=O)O. The number of imidazole rings is 1. The van der Waals surface area contributed by atoms with Crippen LogP contribution in [0.25, 0.3) is 0 Å². The molecule has 1 aromatic heterocycles. The van der Waals surface area contributed by atoms with Crippen LogP contribution in [-0.2, 0) is 16.1 Å². The van der Waals surface area contributed by atoms with E-state index in [0.29, 0.717) is 19.5 Å². The molecule has 0 radical (unpaired) electrons. The van der Waals surface area contributed by atoms with Crippen molar-refractivity contribution < 1.29 is 24.6 Å². The average Bonchev–Trinajstić information content (AvgIpc) is 2.92. The number of carbonyl (C=O) groups is 3. The zero-order valence-electron chi connectivity index (χ0n) is 11.4. The highest BCUT2D eigenvalue weighted by Crippen LogP contribution is 1.98. The van der Waals surface area contributed by atoms with E-state index in [1.165, 1.54) is 0 Å². The fourth-order valence-electron chi connectivity index (χ4n) is 1.62. The van der Waals surface area contributed by atoms with Crippen LogP contribution in [0.5, 0.6) is 0 Å². The Morgan fingerprint density at radius 1 is 1.29 bits per heavy atom. The molecule has 0 aliphatic rings. The van der Waals surface area contributed by atoms with Crippen molar-refractivity contribution in [2.75, 3.05) is 6.54 Å². The van der Waals surface area contributed by atoms with Gasteiger partial charge in [-0.2, -0.15) is 0 Å². The second-order valence-electron chi connectivity index (χ2n) is 4.38. The Kier molecular flexibility index (Phi) is 6.72. The Labute approximate surface area is 121 Å². The molecule has 1 atom stereocenters. The third kappa shape index (κ3) is 6.95. The zero-order valence-corrected chi connectivity index (χ0v) is 11.4. The third-order valence-corrected chi connectivity index (χ3v) is 2.69. The van der Waals surface area contributed by atoms with Crippen LogP contribution in [0.3, 0.4) is 0 Å². The van der Waals surface area contributed by atoms with Crippen LogP contribution in [0.2, 0.25) is 0 Å². The fourth-order valence-corrected chi connectivity index (χ4v) is 1.62. The Balaban J connectivity index is 2.23. The summed E-state index contributed by atoms with van der Waals surface area (Å²) in [5.41, 5.74) is 0. The van der Waals surface area contributed by atoms with E-state index in [9.17, 15) is 14.4 Å². The highest BCUT2D eigenvalue weighted by atomic mass is 16.4. The van der Waals surface area contributed by atoms with Crippen molar-refractivity contribution in [1.82, 2.24) is 20.2 Å². The number of urea groups is 1. The molecule has 0 aromatic carbocycles. The molecule has 116 valence electrons. The van der Waals surface area contributed by atoms with Crippen LogP contribution in [0.15, 0.2) is 18.7 Å². The van der Waals surface area contributed by atoms with E-state index in [2.05, 4.69) is 15.6 Å². The molecule has 2 amide bonds. The number of carboxylic acid groups (broad SMARTS) is 2. The number of carbonyl (C=O) groups excluding carboxylic acids is 1. The standard InChI is InChI=1S/C12H18N4O5/c17-10(18)3-2-9(11(19)20)15-12(21)14-4-1-6-16-7-5-13-8-16/h5,7-9H,1-4,6H2,(H,17,18)(H,19,20)(H2,14,15,21). The van der Waals surface area contributed by atoms with Crippen molar-refractivity contribution in [2.24, 2.45) is 0 Å². The molecule has 0 saturated heterocycles. The summed E-state index contributed by atoms with van der Waals surface area (Å²) in [5, 5.41) is 22.2. The smallest absolute Gasteiger partial charge is 0.326 e. The van der Waals surface area contributed by atoms with E-state index in [4.69, 9.17) is 10.2 Å². The number of aliphatic carboxylic acids is 2. The molecular weight excluding hydrogens is 280 g/mol. The number of carboxylic acids is 2. The zero-order chi connectivity index (χ0) is 15.7. The van der Waals surface area contributed by atoms with Gasteiger partial charge in [-0.25, -0.2) is 14.6 Å². The molecule has 1 rings (SSSR count). The summed E-state index contributed by atoms with van der Waals surface area (Å²) in [7, 11) is 0. The van der Waals surface area contributed by atoms with E-state index < -0.39 is 24.0 Å². The van der Waals surface area contributed by atoms with Crippen molar-refractivity contribution in [2.45, 2.75) is 31.8 Å². The summed E-state index contributed by atoms with van der Waals surface area (Å²) in [5.74, 6) is -2.37. The van der Waals surface area contributed by atoms with Gasteiger partial charge in [0.25, 0.3) is 0 Å². The number of rotatable bonds is 9. The summed E-state index contributed by atoms with van der Waals surface area (Å²) in [6.45, 7) is 1.05. The van der Waals surface area contributed by atoms with Crippen molar-refractivity contribution in [3.05, 3.63) is 18.7 Å². The van der Waals surface area contributed by atoms with Gasteiger partial charge >= 0.3 is 18.0 Å². The van der Waals surface area contributed by atoms with Crippen LogP contribution in [0.4, 0.5) is 4.79 Å². The number of aryl methyl sites for hydroxylation is 1. The lowest BCUT2D eigenvalue weighted by Gasteiger charge is -2.14. The Morgan fingerprint density at radius 3 is 2.62 bits per heavy atom. The Hall–Kier alpha value is -2.58. The molecule has 9 nitrogen and oxygen atoms in total. The number of aromatic nitrogens is 2. The van der Waals surface area contributed by atoms with Gasteiger partial charge in [-0.3, -0.25) is 4.79 Å². The minimum atomic E-state index is -1.26. The van der Waals surface area contributed by atoms with E-state index in [0.717, 1.165) is 0 Å². The average molecular weight is 298 g/mol. The molecule has 1 aromatic rings. The fraction of sp³-hybridized carbons (Fsp3) is 0.500. The molecule has 1 unspecified atom stereocenters. The number of nitrogens with one attached hydrogen (secondary N) is 2. The molecule has 9 heteroatoms. The predicted molar refractivity (Wildman–Crippen MR) is 71.7 cm³/mol. The van der Waals surface area contributed by atoms with Gasteiger partial charge < -0.3 is 25.4 Å². The van der Waals surface area contributed by atoms with Crippen LogP contribution in [-0.4, -0.2) is 50.3 Å². The normalized spacial score (nSPS) is 11.6. The Morgan fingerprint density at radius 2 is 2.05 bits per heavy atom. The lowest BCUT2D eigenvalue weighted by Crippen LogP contribution is -2.46. The minimum absolute atomic E-state index is 0.160. The first kappa shape index (κ1) is 16.5.